The summed E-state index contributed by atoms with van der Waals surface area (Å²) in [5, 5.41) is 9.69. The second-order valence-electron chi connectivity index (χ2n) is 5.11. The van der Waals surface area contributed by atoms with E-state index in [-0.39, 0.29) is 17.0 Å². The number of rotatable bonds is 8. The molecule has 0 aromatic heterocycles. The Morgan fingerprint density at radius 1 is 1.11 bits per heavy atom. The quantitative estimate of drug-likeness (QED) is 0.436. The number of hydrogen-bond acceptors (Lipinski definition) is 2. The first-order valence-electron chi connectivity index (χ1n) is 7.12. The smallest absolute Gasteiger partial charge is 0.115 e. The second kappa shape index (κ2) is 10.6. The molecule has 0 aliphatic heterocycles. The molecule has 0 heterocycles. The zero-order valence-electron chi connectivity index (χ0n) is 12.1. The fraction of sp³-hybridized carbons (Fsp3) is 0.625. The van der Waals surface area contributed by atoms with Gasteiger partial charge in [-0.1, -0.05) is 51.5 Å². The average Bonchev–Trinajstić information content (AvgIpc) is 2.33. The summed E-state index contributed by atoms with van der Waals surface area (Å²) in [5.41, 5.74) is 2.39. The second-order valence-corrected chi connectivity index (χ2v) is 5.74. The highest BCUT2D eigenvalue weighted by molar-refractivity contribution is 8.93. The van der Waals surface area contributed by atoms with Crippen molar-refractivity contribution in [3.05, 3.63) is 29.3 Å². The molecule has 0 aliphatic carbocycles. The van der Waals surface area contributed by atoms with Gasteiger partial charge in [0, 0.05) is 5.25 Å². The first-order chi connectivity index (χ1) is 8.65. The highest BCUT2D eigenvalue weighted by atomic mass is 79.9. The van der Waals surface area contributed by atoms with Crippen LogP contribution in [0.3, 0.4) is 0 Å². The lowest BCUT2D eigenvalue weighted by atomic mass is 10.0. The lowest BCUT2D eigenvalue weighted by Gasteiger charge is -2.14. The molecule has 0 amide bonds. The van der Waals surface area contributed by atoms with Crippen LogP contribution in [0.2, 0.25) is 0 Å². The third-order valence-electron chi connectivity index (χ3n) is 3.44. The van der Waals surface area contributed by atoms with Crippen molar-refractivity contribution in [2.75, 3.05) is 0 Å². The van der Waals surface area contributed by atoms with Crippen molar-refractivity contribution in [1.29, 1.82) is 0 Å². The van der Waals surface area contributed by atoms with Gasteiger partial charge in [0.1, 0.15) is 5.75 Å². The SMILES string of the molecule is Br.CCCCCCCCC(S)c1ccc(O)cc1C. The van der Waals surface area contributed by atoms with E-state index in [0.717, 1.165) is 12.0 Å². The van der Waals surface area contributed by atoms with Crippen LogP contribution in [0.1, 0.15) is 68.2 Å². The van der Waals surface area contributed by atoms with Gasteiger partial charge < -0.3 is 5.11 Å². The molecule has 1 aromatic carbocycles. The van der Waals surface area contributed by atoms with Gasteiger partial charge in [0.25, 0.3) is 0 Å². The largest absolute Gasteiger partial charge is 0.508 e. The number of phenolic OH excluding ortho intramolecular Hbond substituents is 1. The maximum Gasteiger partial charge on any atom is 0.115 e. The van der Waals surface area contributed by atoms with E-state index in [1.165, 1.54) is 44.1 Å². The summed E-state index contributed by atoms with van der Waals surface area (Å²) in [6, 6.07) is 5.58. The van der Waals surface area contributed by atoms with Crippen LogP contribution in [0.5, 0.6) is 5.75 Å². The topological polar surface area (TPSA) is 20.2 Å². The molecule has 1 aromatic rings. The molecule has 0 bridgehead atoms. The molecule has 0 aliphatic rings. The minimum Gasteiger partial charge on any atom is -0.508 e. The maximum atomic E-state index is 9.39. The van der Waals surface area contributed by atoms with E-state index in [1.54, 1.807) is 6.07 Å². The molecule has 1 N–H and O–H groups in total. The van der Waals surface area contributed by atoms with Crippen LogP contribution < -0.4 is 0 Å². The standard InChI is InChI=1S/C16H26OS.BrH/c1-3-4-5-6-7-8-9-16(18)15-11-10-14(17)12-13(15)2;/h10-12,16-18H,3-9H2,1-2H3;1H. The zero-order valence-corrected chi connectivity index (χ0v) is 14.7. The van der Waals surface area contributed by atoms with Crippen molar-refractivity contribution in [3.63, 3.8) is 0 Å². The number of phenols is 1. The van der Waals surface area contributed by atoms with Gasteiger partial charge in [-0.25, -0.2) is 0 Å². The van der Waals surface area contributed by atoms with Crippen LogP contribution in [0, 0.1) is 6.92 Å². The lowest BCUT2D eigenvalue weighted by molar-refractivity contribution is 0.474. The molecule has 3 heteroatoms. The van der Waals surface area contributed by atoms with Gasteiger partial charge in [0.15, 0.2) is 0 Å². The predicted octanol–water partition coefficient (Wildman–Crippen LogP) is 6.00. The number of aromatic hydroxyl groups is 1. The molecule has 110 valence electrons. The Bertz CT molecular complexity index is 355. The molecule has 1 unspecified atom stereocenters. The number of hydrogen-bond donors (Lipinski definition) is 2. The van der Waals surface area contributed by atoms with E-state index in [9.17, 15) is 5.11 Å². The molecule has 1 rings (SSSR count). The van der Waals surface area contributed by atoms with E-state index in [2.05, 4.69) is 19.6 Å². The summed E-state index contributed by atoms with van der Waals surface area (Å²) in [4.78, 5) is 0. The Hall–Kier alpha value is -0.150. The molecule has 0 saturated carbocycles. The molecule has 19 heavy (non-hydrogen) atoms. The van der Waals surface area contributed by atoms with Crippen molar-refractivity contribution in [2.45, 2.75) is 64.0 Å². The summed E-state index contributed by atoms with van der Waals surface area (Å²) < 4.78 is 0. The van der Waals surface area contributed by atoms with Crippen molar-refractivity contribution in [3.8, 4) is 5.75 Å². The Balaban J connectivity index is 0.00000324. The van der Waals surface area contributed by atoms with Crippen molar-refractivity contribution in [1.82, 2.24) is 0 Å². The molecule has 1 nitrogen and oxygen atoms in total. The Morgan fingerprint density at radius 3 is 2.37 bits per heavy atom. The molecule has 1 atom stereocenters. The van der Waals surface area contributed by atoms with Crippen LogP contribution in [-0.2, 0) is 0 Å². The van der Waals surface area contributed by atoms with Crippen LogP contribution in [0.25, 0.3) is 0 Å². The van der Waals surface area contributed by atoms with Crippen molar-refractivity contribution in [2.24, 2.45) is 0 Å². The van der Waals surface area contributed by atoms with Gasteiger partial charge in [0.05, 0.1) is 0 Å². The molecule has 0 spiro atoms. The Labute approximate surface area is 134 Å². The van der Waals surface area contributed by atoms with E-state index in [1.807, 2.05) is 19.1 Å². The Kier molecular flexibility index (Phi) is 10.5. The zero-order chi connectivity index (χ0) is 13.4. The van der Waals surface area contributed by atoms with E-state index in [4.69, 9.17) is 0 Å². The van der Waals surface area contributed by atoms with Gasteiger partial charge in [0.2, 0.25) is 0 Å². The van der Waals surface area contributed by atoms with Gasteiger partial charge in [-0.3, -0.25) is 0 Å². The molecular weight excluding hydrogens is 320 g/mol. The monoisotopic (exact) mass is 346 g/mol. The minimum absolute atomic E-state index is 0. The van der Waals surface area contributed by atoms with Gasteiger partial charge >= 0.3 is 0 Å². The first-order valence-corrected chi connectivity index (χ1v) is 7.64. The third-order valence-corrected chi connectivity index (χ3v) is 3.98. The summed E-state index contributed by atoms with van der Waals surface area (Å²) in [6.45, 7) is 4.29. The van der Waals surface area contributed by atoms with Crippen LogP contribution in [0.15, 0.2) is 18.2 Å². The summed E-state index contributed by atoms with van der Waals surface area (Å²) in [5.74, 6) is 0.344. The van der Waals surface area contributed by atoms with E-state index in [0.29, 0.717) is 11.0 Å². The number of benzene rings is 1. The maximum absolute atomic E-state index is 9.39. The first kappa shape index (κ1) is 18.9. The van der Waals surface area contributed by atoms with Crippen LogP contribution in [-0.4, -0.2) is 5.11 Å². The Morgan fingerprint density at radius 2 is 1.74 bits per heavy atom. The van der Waals surface area contributed by atoms with E-state index >= 15 is 0 Å². The summed E-state index contributed by atoms with van der Waals surface area (Å²) in [6.07, 6.45) is 9.07. The molecule has 0 fully saturated rings. The van der Waals surface area contributed by atoms with Crippen molar-refractivity contribution >= 4 is 29.6 Å². The molecular formula is C16H27BrOS. The number of halogens is 1. The fourth-order valence-electron chi connectivity index (χ4n) is 2.31. The number of unbranched alkanes of at least 4 members (excludes halogenated alkanes) is 5. The highest BCUT2D eigenvalue weighted by Crippen LogP contribution is 2.30. The number of aryl methyl sites for hydroxylation is 1. The van der Waals surface area contributed by atoms with Gasteiger partial charge in [-0.15, -0.1) is 17.0 Å². The van der Waals surface area contributed by atoms with Crippen LogP contribution in [0.4, 0.5) is 0 Å². The summed E-state index contributed by atoms with van der Waals surface area (Å²) in [7, 11) is 0. The third kappa shape index (κ3) is 7.26. The highest BCUT2D eigenvalue weighted by Gasteiger charge is 2.09. The normalized spacial score (nSPS) is 11.9. The predicted molar refractivity (Wildman–Crippen MR) is 92.9 cm³/mol. The van der Waals surface area contributed by atoms with E-state index < -0.39 is 0 Å². The fourth-order valence-corrected chi connectivity index (χ4v) is 2.78. The summed E-state index contributed by atoms with van der Waals surface area (Å²) >= 11 is 4.69. The molecule has 0 saturated heterocycles. The average molecular weight is 347 g/mol. The van der Waals surface area contributed by atoms with Gasteiger partial charge in [-0.05, 0) is 36.6 Å². The minimum atomic E-state index is 0. The van der Waals surface area contributed by atoms with Crippen LogP contribution >= 0.6 is 29.6 Å². The number of thiol groups is 1. The molecule has 0 radical (unpaired) electrons. The van der Waals surface area contributed by atoms with Crippen molar-refractivity contribution < 1.29 is 5.11 Å². The lowest BCUT2D eigenvalue weighted by Crippen LogP contribution is -1.94. The van der Waals surface area contributed by atoms with Gasteiger partial charge in [-0.2, -0.15) is 12.6 Å².